The van der Waals surface area contributed by atoms with E-state index >= 15 is 0 Å². The van der Waals surface area contributed by atoms with Crippen LogP contribution in [0.5, 0.6) is 0 Å². The molecule has 2 aliphatic rings. The molecule has 0 spiro atoms. The van der Waals surface area contributed by atoms with Crippen molar-refractivity contribution in [1.82, 2.24) is 15.1 Å². The van der Waals surface area contributed by atoms with Crippen LogP contribution in [0.2, 0.25) is 0 Å². The van der Waals surface area contributed by atoms with Crippen LogP contribution in [0, 0.1) is 5.92 Å². The van der Waals surface area contributed by atoms with Gasteiger partial charge in [0, 0.05) is 31.7 Å². The maximum atomic E-state index is 12.4. The molecule has 0 aromatic heterocycles. The summed E-state index contributed by atoms with van der Waals surface area (Å²) in [5, 5.41) is 2.95. The summed E-state index contributed by atoms with van der Waals surface area (Å²) >= 11 is 0. The molecular formula is C13H22F3N3O. The lowest BCUT2D eigenvalue weighted by Crippen LogP contribution is -2.59. The van der Waals surface area contributed by atoms with Crippen LogP contribution in [-0.4, -0.2) is 60.3 Å². The molecular weight excluding hydrogens is 271 g/mol. The minimum atomic E-state index is -4.18. The number of alkyl halides is 3. The second-order valence-corrected chi connectivity index (χ2v) is 6.10. The highest BCUT2D eigenvalue weighted by Crippen LogP contribution is 2.26. The first-order valence-corrected chi connectivity index (χ1v) is 7.11. The van der Waals surface area contributed by atoms with E-state index in [4.69, 9.17) is 0 Å². The molecule has 2 fully saturated rings. The van der Waals surface area contributed by atoms with Crippen molar-refractivity contribution in [3.63, 3.8) is 0 Å². The van der Waals surface area contributed by atoms with Crippen molar-refractivity contribution in [2.24, 2.45) is 5.92 Å². The lowest BCUT2D eigenvalue weighted by atomic mass is 9.82. The third-order valence-electron chi connectivity index (χ3n) is 4.14. The maximum Gasteiger partial charge on any atom is 0.401 e. The van der Waals surface area contributed by atoms with Crippen molar-refractivity contribution < 1.29 is 18.0 Å². The zero-order valence-corrected chi connectivity index (χ0v) is 11.9. The number of hydrogen-bond acceptors (Lipinski definition) is 2. The van der Waals surface area contributed by atoms with E-state index in [0.29, 0.717) is 19.0 Å². The highest BCUT2D eigenvalue weighted by atomic mass is 19.4. The minimum Gasteiger partial charge on any atom is -0.335 e. The van der Waals surface area contributed by atoms with E-state index in [1.165, 1.54) is 4.90 Å². The highest BCUT2D eigenvalue weighted by molar-refractivity contribution is 5.74. The van der Waals surface area contributed by atoms with Crippen LogP contribution in [0.3, 0.4) is 0 Å². The molecule has 7 heteroatoms. The fourth-order valence-electron chi connectivity index (χ4n) is 2.93. The fourth-order valence-corrected chi connectivity index (χ4v) is 2.93. The van der Waals surface area contributed by atoms with Gasteiger partial charge in [0.2, 0.25) is 0 Å². The monoisotopic (exact) mass is 293 g/mol. The Balaban J connectivity index is 1.78. The molecule has 0 aromatic rings. The Kier molecular flexibility index (Phi) is 4.46. The largest absolute Gasteiger partial charge is 0.401 e. The van der Waals surface area contributed by atoms with Crippen molar-refractivity contribution in [2.45, 2.75) is 44.9 Å². The van der Waals surface area contributed by atoms with Crippen LogP contribution in [0.15, 0.2) is 0 Å². The Hall–Kier alpha value is -0.980. The van der Waals surface area contributed by atoms with E-state index in [1.54, 1.807) is 11.8 Å². The molecule has 1 aliphatic heterocycles. The van der Waals surface area contributed by atoms with Crippen molar-refractivity contribution in [3.05, 3.63) is 0 Å². The topological polar surface area (TPSA) is 35.6 Å². The zero-order chi connectivity index (χ0) is 14.9. The number of rotatable bonds is 2. The van der Waals surface area contributed by atoms with Crippen molar-refractivity contribution in [2.75, 3.05) is 26.2 Å². The predicted octanol–water partition coefficient (Wildman–Crippen LogP) is 2.06. The highest BCUT2D eigenvalue weighted by Gasteiger charge is 2.36. The predicted molar refractivity (Wildman–Crippen MR) is 69.4 cm³/mol. The standard InChI is InChI=1S/C13H22F3N3O/c1-9-5-11(6-9)17-12(20)18-3-4-19(10(2)7-18)8-13(14,15)16/h9-11H,3-8H2,1-2H3,(H,17,20). The summed E-state index contributed by atoms with van der Waals surface area (Å²) in [6.07, 6.45) is -2.19. The smallest absolute Gasteiger partial charge is 0.335 e. The van der Waals surface area contributed by atoms with Gasteiger partial charge in [0.05, 0.1) is 6.54 Å². The van der Waals surface area contributed by atoms with Gasteiger partial charge >= 0.3 is 12.2 Å². The van der Waals surface area contributed by atoms with E-state index in [-0.39, 0.29) is 24.7 Å². The normalized spacial score (nSPS) is 31.9. The number of piperazine rings is 1. The SMILES string of the molecule is CC1CC(NC(=O)N2CCN(CC(F)(F)F)C(C)C2)C1. The van der Waals surface area contributed by atoms with E-state index in [0.717, 1.165) is 12.8 Å². The molecule has 1 saturated carbocycles. The van der Waals surface area contributed by atoms with Gasteiger partial charge in [-0.15, -0.1) is 0 Å². The minimum absolute atomic E-state index is 0.139. The van der Waals surface area contributed by atoms with Gasteiger partial charge in [0.1, 0.15) is 0 Å². The number of carbonyl (C=O) groups excluding carboxylic acids is 1. The number of carbonyl (C=O) groups is 1. The lowest BCUT2D eigenvalue weighted by molar-refractivity contribution is -0.153. The number of hydrogen-bond donors (Lipinski definition) is 1. The van der Waals surface area contributed by atoms with Gasteiger partial charge in [-0.3, -0.25) is 4.90 Å². The van der Waals surface area contributed by atoms with Gasteiger partial charge in [-0.05, 0) is 25.7 Å². The molecule has 2 amide bonds. The van der Waals surface area contributed by atoms with Crippen LogP contribution in [0.25, 0.3) is 0 Å². The van der Waals surface area contributed by atoms with Gasteiger partial charge in [-0.1, -0.05) is 6.92 Å². The average Bonchev–Trinajstić information content (AvgIpc) is 2.28. The third-order valence-corrected chi connectivity index (χ3v) is 4.14. The Morgan fingerprint density at radius 1 is 1.25 bits per heavy atom. The summed E-state index contributed by atoms with van der Waals surface area (Å²) in [5.74, 6) is 0.655. The van der Waals surface area contributed by atoms with E-state index in [1.807, 2.05) is 0 Å². The first kappa shape index (κ1) is 15.4. The molecule has 1 heterocycles. The maximum absolute atomic E-state index is 12.4. The number of nitrogens with one attached hydrogen (secondary N) is 1. The average molecular weight is 293 g/mol. The van der Waals surface area contributed by atoms with E-state index < -0.39 is 12.7 Å². The fraction of sp³-hybridized carbons (Fsp3) is 0.923. The van der Waals surface area contributed by atoms with Crippen LogP contribution in [0.4, 0.5) is 18.0 Å². The molecule has 1 saturated heterocycles. The molecule has 1 atom stereocenters. The first-order chi connectivity index (χ1) is 9.24. The van der Waals surface area contributed by atoms with E-state index in [2.05, 4.69) is 12.2 Å². The van der Waals surface area contributed by atoms with Gasteiger partial charge in [-0.25, -0.2) is 4.79 Å². The molecule has 0 radical (unpaired) electrons. The Bertz CT molecular complexity index is 355. The van der Waals surface area contributed by atoms with Gasteiger partial charge in [0.15, 0.2) is 0 Å². The second kappa shape index (κ2) is 5.79. The van der Waals surface area contributed by atoms with Crippen molar-refractivity contribution in [3.8, 4) is 0 Å². The van der Waals surface area contributed by atoms with Crippen molar-refractivity contribution >= 4 is 6.03 Å². The third kappa shape index (κ3) is 4.01. The summed E-state index contributed by atoms with van der Waals surface area (Å²) in [6, 6.07) is -0.169. The van der Waals surface area contributed by atoms with Crippen LogP contribution in [0.1, 0.15) is 26.7 Å². The van der Waals surface area contributed by atoms with Gasteiger partial charge in [0.25, 0.3) is 0 Å². The zero-order valence-electron chi connectivity index (χ0n) is 11.9. The summed E-state index contributed by atoms with van der Waals surface area (Å²) in [6.45, 7) is 3.95. The molecule has 1 unspecified atom stereocenters. The first-order valence-electron chi connectivity index (χ1n) is 7.11. The molecule has 116 valence electrons. The second-order valence-electron chi connectivity index (χ2n) is 6.10. The van der Waals surface area contributed by atoms with Crippen molar-refractivity contribution in [1.29, 1.82) is 0 Å². The van der Waals surface area contributed by atoms with E-state index in [9.17, 15) is 18.0 Å². The number of nitrogens with zero attached hydrogens (tertiary/aromatic N) is 2. The molecule has 1 N–H and O–H groups in total. The summed E-state index contributed by atoms with van der Waals surface area (Å²) in [4.78, 5) is 15.0. The molecule has 20 heavy (non-hydrogen) atoms. The van der Waals surface area contributed by atoms with Gasteiger partial charge in [-0.2, -0.15) is 13.2 Å². The van der Waals surface area contributed by atoms with Crippen LogP contribution in [-0.2, 0) is 0 Å². The molecule has 4 nitrogen and oxygen atoms in total. The molecule has 0 bridgehead atoms. The van der Waals surface area contributed by atoms with Gasteiger partial charge < -0.3 is 10.2 Å². The Labute approximate surface area is 117 Å². The molecule has 2 rings (SSSR count). The summed E-state index contributed by atoms with van der Waals surface area (Å²) in [7, 11) is 0. The van der Waals surface area contributed by atoms with Crippen LogP contribution >= 0.6 is 0 Å². The molecule has 1 aliphatic carbocycles. The number of halogens is 3. The quantitative estimate of drug-likeness (QED) is 0.846. The van der Waals surface area contributed by atoms with Crippen LogP contribution < -0.4 is 5.32 Å². The summed E-state index contributed by atoms with van der Waals surface area (Å²) < 4.78 is 37.2. The summed E-state index contributed by atoms with van der Waals surface area (Å²) in [5.41, 5.74) is 0. The Morgan fingerprint density at radius 2 is 1.90 bits per heavy atom. The number of urea groups is 1. The Morgan fingerprint density at radius 3 is 2.40 bits per heavy atom. The number of amides is 2. The molecule has 0 aromatic carbocycles. The lowest BCUT2D eigenvalue weighted by Gasteiger charge is -2.41.